The molecule has 128 heavy (non-hydrogen) atoms. The highest BCUT2D eigenvalue weighted by atomic mass is 35.5. The average molecular weight is 1790 g/mol. The second kappa shape index (κ2) is 48.7. The second-order valence-electron chi connectivity index (χ2n) is 31.2. The number of nitrogens with one attached hydrogen (secondary N) is 4. The number of carboxylic acid groups (broad SMARTS) is 1. The monoisotopic (exact) mass is 1780 g/mol. The van der Waals surface area contributed by atoms with Gasteiger partial charge in [0.25, 0.3) is 5.91 Å². The van der Waals surface area contributed by atoms with Crippen LogP contribution in [0.1, 0.15) is 152 Å². The number of piperidine rings is 2. The summed E-state index contributed by atoms with van der Waals surface area (Å²) in [7, 11) is 0. The van der Waals surface area contributed by atoms with Gasteiger partial charge in [-0.05, 0) is 228 Å². The maximum atomic E-state index is 13.7. The highest BCUT2D eigenvalue weighted by Crippen LogP contribution is 2.32. The van der Waals surface area contributed by atoms with Crippen molar-refractivity contribution < 1.29 is 57.7 Å². The van der Waals surface area contributed by atoms with Crippen LogP contribution in [0.2, 0.25) is 15.1 Å². The fourth-order valence-electron chi connectivity index (χ4n) is 15.4. The molecule has 0 radical (unpaired) electrons. The third-order valence-electron chi connectivity index (χ3n) is 22.1. The predicted molar refractivity (Wildman–Crippen MR) is 511 cm³/mol. The Morgan fingerprint density at radius 3 is 1.24 bits per heavy atom. The second-order valence-corrected chi connectivity index (χ2v) is 32.5. The van der Waals surface area contributed by atoms with Crippen LogP contribution >= 0.6 is 34.8 Å². The number of amides is 3. The lowest BCUT2D eigenvalue weighted by molar-refractivity contribution is -0.152. The summed E-state index contributed by atoms with van der Waals surface area (Å²) < 4.78 is 20.5. The van der Waals surface area contributed by atoms with Crippen molar-refractivity contribution in [1.29, 1.82) is 0 Å². The lowest BCUT2D eigenvalue weighted by Gasteiger charge is -2.31. The van der Waals surface area contributed by atoms with E-state index >= 15 is 0 Å². The molecule has 2 aliphatic heterocycles. The highest BCUT2D eigenvalue weighted by molar-refractivity contribution is 6.32. The first-order valence-corrected chi connectivity index (χ1v) is 44.1. The van der Waals surface area contributed by atoms with Gasteiger partial charge in [-0.2, -0.15) is 0 Å². The number of aromatic carboxylic acids is 1. The first-order valence-electron chi connectivity index (χ1n) is 43.0. The number of fused-ring (bicyclic) bond motifs is 4. The summed E-state index contributed by atoms with van der Waals surface area (Å²) in [5.41, 5.74) is 22.6. The number of ether oxygens (including phenoxy) is 3. The fraction of sp³-hybridized carbons (Fsp3) is 0.269. The van der Waals surface area contributed by atoms with Crippen molar-refractivity contribution in [3.8, 4) is 0 Å². The molecule has 2 saturated heterocycles. The van der Waals surface area contributed by atoms with E-state index in [-0.39, 0.29) is 48.1 Å². The number of rotatable bonds is 21. The van der Waals surface area contributed by atoms with Gasteiger partial charge in [-0.15, -0.1) is 0 Å². The zero-order chi connectivity index (χ0) is 91.8. The number of halogens is 3. The quantitative estimate of drug-likeness (QED) is 0.0128. The van der Waals surface area contributed by atoms with Crippen molar-refractivity contribution in [2.75, 3.05) is 51.4 Å². The Balaban J connectivity index is 0.000000164. The summed E-state index contributed by atoms with van der Waals surface area (Å²) in [5, 5.41) is 23.9. The number of aryl methyl sites for hydroxylation is 5. The van der Waals surface area contributed by atoms with E-state index in [0.717, 1.165) is 120 Å². The minimum absolute atomic E-state index is 0.0164. The lowest BCUT2D eigenvalue weighted by Crippen LogP contribution is -2.43. The molecule has 10 aromatic carbocycles. The van der Waals surface area contributed by atoms with Crippen molar-refractivity contribution in [2.24, 2.45) is 17.7 Å². The maximum absolute atomic E-state index is 13.7. The van der Waals surface area contributed by atoms with E-state index in [1.165, 1.54) is 23.6 Å². The van der Waals surface area contributed by atoms with Gasteiger partial charge < -0.3 is 59.3 Å². The number of Topliss-reactive ketones (excluding diaryl/α,β-unsaturated/α-hetero) is 1. The summed E-state index contributed by atoms with van der Waals surface area (Å²) in [5.74, 6) is 2.91. The lowest BCUT2D eigenvalue weighted by atomic mass is 9.95. The molecule has 7 N–H and O–H groups in total. The number of carbonyl (C=O) groups excluding carboxylic acids is 7. The molecule has 5 heterocycles. The Labute approximate surface area is 763 Å². The van der Waals surface area contributed by atoms with E-state index in [9.17, 15) is 43.5 Å². The van der Waals surface area contributed by atoms with Gasteiger partial charge in [0.05, 0.1) is 42.1 Å². The van der Waals surface area contributed by atoms with E-state index in [1.807, 2.05) is 266 Å². The molecule has 0 bridgehead atoms. The third kappa shape index (κ3) is 27.6. The summed E-state index contributed by atoms with van der Waals surface area (Å²) >= 11 is 17.9. The number of benzene rings is 10. The Kier molecular flexibility index (Phi) is 37.0. The minimum Gasteiger partial charge on any atom is -0.477 e. The Bertz CT molecular complexity index is 5980. The largest absolute Gasteiger partial charge is 0.477 e. The molecule has 16 rings (SSSR count). The number of anilines is 1. The van der Waals surface area contributed by atoms with Gasteiger partial charge in [-0.3, -0.25) is 25.0 Å². The van der Waals surface area contributed by atoms with Gasteiger partial charge >= 0.3 is 23.9 Å². The Hall–Kier alpha value is -12.9. The molecule has 24 heteroatoms. The number of nitrogens with zero attached hydrogens (tertiary/aromatic N) is 4. The zero-order valence-electron chi connectivity index (χ0n) is 73.9. The Morgan fingerprint density at radius 2 is 0.828 bits per heavy atom. The molecule has 0 spiro atoms. The molecule has 666 valence electrons. The van der Waals surface area contributed by atoms with Crippen molar-refractivity contribution in [2.45, 2.75) is 127 Å². The van der Waals surface area contributed by atoms with Gasteiger partial charge in [0, 0.05) is 108 Å². The number of ketones is 1. The van der Waals surface area contributed by atoms with Crippen LogP contribution in [0.4, 0.5) is 5.69 Å². The first-order chi connectivity index (χ1) is 61.7. The molecule has 3 aromatic heterocycles. The number of carbonyl (C=O) groups is 8. The number of esters is 3. The van der Waals surface area contributed by atoms with Gasteiger partial charge in [-0.1, -0.05) is 223 Å². The van der Waals surface area contributed by atoms with Gasteiger partial charge in [0.2, 0.25) is 17.6 Å². The van der Waals surface area contributed by atoms with E-state index in [4.69, 9.17) is 50.1 Å². The fourth-order valence-corrected chi connectivity index (χ4v) is 15.8. The van der Waals surface area contributed by atoms with E-state index in [2.05, 4.69) is 75.7 Å². The SMILES string of the molecule is CCOC(=O)C(C)=O.CCOC(=O)C1=Cc2cccc(C)c2C1.CCOC(=O)c1cc2cccc(C)c2n1Cc1ccc(Cl)cc1.Cc1cccc2cc(C(=O)N3CCC(C(=O)NCc4ccccc4)CC3)n(Cc3ccc(Cl)cc3)c12.Cc1cccc2cc(C(=O)O)n(Cc3ccc(Cl)cc3)c12.Cc1ccccc1NN.O=C(NCc1ccccc1)C1CCNCC1. The molecule has 0 unspecified atom stereocenters. The number of nitrogens with two attached hydrogens (primary N) is 1. The number of hydrogen-bond donors (Lipinski definition) is 6. The normalized spacial score (nSPS) is 12.6. The number of para-hydroxylation sites is 4. The molecule has 0 atom stereocenters. The number of aromatic nitrogens is 3. The van der Waals surface area contributed by atoms with Crippen molar-refractivity contribution >= 4 is 127 Å². The van der Waals surface area contributed by atoms with Crippen LogP contribution < -0.4 is 27.2 Å². The molecular weight excluding hydrogens is 1670 g/mol. The van der Waals surface area contributed by atoms with E-state index < -0.39 is 17.7 Å². The molecule has 0 saturated carbocycles. The van der Waals surface area contributed by atoms with Crippen molar-refractivity contribution in [3.05, 3.63) is 353 Å². The van der Waals surface area contributed by atoms with Gasteiger partial charge in [-0.25, -0.2) is 19.2 Å². The standard InChI is InChI=1S/C30H30ClN3O2.C19H18ClNO2.C17H14ClNO2.C13H18N2O.C13H14O2.C7H10N2.C5H8O3/c1-21-6-5-9-25-18-27(34(28(21)25)20-23-10-12-26(31)13-11-23)30(36)33-16-14-24(15-17-33)29(35)32-19-22-7-3-2-4-8-22;1-3-23-19(22)17-11-15-6-4-5-13(2)18(15)21(17)12-14-7-9-16(20)10-8-14;1-11-3-2-4-13-9-15(17(20)21)19(16(11)13)10-12-5-7-14(18)8-6-12;16-13(12-6-8-14-9-7-12)15-10-11-4-2-1-3-5-11;1-3-15-13(14)11-7-10-6-4-5-9(2)12(10)8-11;1-6-4-2-3-5-7(6)9-8;1-3-8-5(7)4(2)6/h2-13,18,24H,14-17,19-20H2,1H3,(H,32,35);4-11H,3,12H2,1-2H3;2-9H,10H2,1H3,(H,20,21);1-5,12,14H,6-10H2,(H,15,16);4-7H,3,8H2,1-2H3;2-5,9H,8H2,1H3;3H2,1-2H3. The Morgan fingerprint density at radius 1 is 0.438 bits per heavy atom. The van der Waals surface area contributed by atoms with Crippen LogP contribution in [0.15, 0.2) is 254 Å². The molecule has 3 aliphatic rings. The van der Waals surface area contributed by atoms with Crippen LogP contribution in [-0.4, -0.2) is 117 Å². The van der Waals surface area contributed by atoms with E-state index in [1.54, 1.807) is 13.0 Å². The molecule has 3 amide bonds. The number of hydrogen-bond acceptors (Lipinski definition) is 14. The maximum Gasteiger partial charge on any atom is 0.374 e. The first kappa shape index (κ1) is 97.3. The molecular formula is C104H112Cl3N9O12. The van der Waals surface area contributed by atoms with E-state index in [0.29, 0.717) is 110 Å². The number of carboxylic acids is 1. The molecule has 2 fully saturated rings. The number of nitrogen functional groups attached to an aromatic ring is 1. The summed E-state index contributed by atoms with van der Waals surface area (Å²) in [4.78, 5) is 95.8. The predicted octanol–water partition coefficient (Wildman–Crippen LogP) is 20.2. The smallest absolute Gasteiger partial charge is 0.374 e. The van der Waals surface area contributed by atoms with Crippen LogP contribution in [-0.2, 0) is 77.3 Å². The molecule has 1 aliphatic carbocycles. The highest BCUT2D eigenvalue weighted by Gasteiger charge is 2.31. The molecule has 13 aromatic rings. The third-order valence-corrected chi connectivity index (χ3v) is 22.8. The zero-order valence-corrected chi connectivity index (χ0v) is 76.1. The summed E-state index contributed by atoms with van der Waals surface area (Å²) in [6, 6.07) is 80.6. The van der Waals surface area contributed by atoms with Crippen LogP contribution in [0.5, 0.6) is 0 Å². The van der Waals surface area contributed by atoms with Crippen molar-refractivity contribution in [1.82, 2.24) is 34.6 Å². The summed E-state index contributed by atoms with van der Waals surface area (Å²) in [6.07, 6.45) is 5.90. The van der Waals surface area contributed by atoms with Crippen LogP contribution in [0, 0.1) is 46.5 Å². The van der Waals surface area contributed by atoms with Gasteiger partial charge in [0.1, 0.15) is 17.1 Å². The topological polar surface area (TPSA) is 277 Å². The van der Waals surface area contributed by atoms with Crippen molar-refractivity contribution in [3.63, 3.8) is 0 Å². The summed E-state index contributed by atoms with van der Waals surface area (Å²) in [6.45, 7) is 23.7. The molecule has 21 nitrogen and oxygen atoms in total. The number of hydrazine groups is 1. The van der Waals surface area contributed by atoms with Crippen LogP contribution in [0.25, 0.3) is 38.8 Å². The van der Waals surface area contributed by atoms with Crippen LogP contribution in [0.3, 0.4) is 0 Å². The average Bonchev–Trinajstić information content (AvgIpc) is 1.63. The minimum atomic E-state index is -0.917. The van der Waals surface area contributed by atoms with Gasteiger partial charge in [0.15, 0.2) is 0 Å². The number of likely N-dealkylation sites (tertiary alicyclic amines) is 1.